The molecule has 5 rings (SSSR count). The number of hydrogen-bond acceptors (Lipinski definition) is 4. The Morgan fingerprint density at radius 1 is 1.17 bits per heavy atom. The fourth-order valence-corrected chi connectivity index (χ4v) is 3.98. The molecule has 0 saturated carbocycles. The van der Waals surface area contributed by atoms with E-state index in [2.05, 4.69) is 20.2 Å². The SMILES string of the molecule is Fc1ccc2c(c1)OC[C@H](N1CCC1)[C@H]2Nc1cccc2[nH]c(C(F)(F)F)nc12. The van der Waals surface area contributed by atoms with E-state index >= 15 is 0 Å². The number of rotatable bonds is 3. The minimum Gasteiger partial charge on any atom is -0.491 e. The zero-order chi connectivity index (χ0) is 20.2. The molecule has 1 fully saturated rings. The maximum atomic E-state index is 13.7. The van der Waals surface area contributed by atoms with Crippen molar-refractivity contribution in [1.29, 1.82) is 0 Å². The molecule has 1 saturated heterocycles. The second-order valence-electron chi connectivity index (χ2n) is 7.36. The first-order valence-electron chi connectivity index (χ1n) is 9.39. The minimum atomic E-state index is -4.56. The number of alkyl halides is 3. The molecule has 2 N–H and O–H groups in total. The highest BCUT2D eigenvalue weighted by Gasteiger charge is 2.38. The summed E-state index contributed by atoms with van der Waals surface area (Å²) >= 11 is 0. The third-order valence-electron chi connectivity index (χ3n) is 5.56. The van der Waals surface area contributed by atoms with Crippen LogP contribution in [-0.2, 0) is 6.18 Å². The van der Waals surface area contributed by atoms with E-state index in [1.165, 1.54) is 12.1 Å². The van der Waals surface area contributed by atoms with Crippen molar-refractivity contribution in [3.8, 4) is 5.75 Å². The normalized spacial score (nSPS) is 22.1. The summed E-state index contributed by atoms with van der Waals surface area (Å²) < 4.78 is 58.8. The number of H-pyrrole nitrogens is 1. The van der Waals surface area contributed by atoms with Crippen LogP contribution in [-0.4, -0.2) is 40.6 Å². The summed E-state index contributed by atoms with van der Waals surface area (Å²) in [6, 6.07) is 9.03. The van der Waals surface area contributed by atoms with E-state index < -0.39 is 17.8 Å². The van der Waals surface area contributed by atoms with E-state index in [-0.39, 0.29) is 17.6 Å². The number of para-hydroxylation sites is 1. The van der Waals surface area contributed by atoms with E-state index in [9.17, 15) is 17.6 Å². The van der Waals surface area contributed by atoms with Gasteiger partial charge in [0, 0.05) is 11.6 Å². The quantitative estimate of drug-likeness (QED) is 0.636. The van der Waals surface area contributed by atoms with Crippen molar-refractivity contribution in [1.82, 2.24) is 14.9 Å². The molecule has 2 atom stereocenters. The Balaban J connectivity index is 1.56. The summed E-state index contributed by atoms with van der Waals surface area (Å²) in [4.78, 5) is 8.37. The molecular weight excluding hydrogens is 388 g/mol. The maximum Gasteiger partial charge on any atom is 0.449 e. The molecule has 2 aromatic carbocycles. The number of anilines is 1. The Morgan fingerprint density at radius 2 is 2.00 bits per heavy atom. The molecule has 9 heteroatoms. The lowest BCUT2D eigenvalue weighted by atomic mass is 9.92. The van der Waals surface area contributed by atoms with Gasteiger partial charge in [-0.25, -0.2) is 9.37 Å². The first-order valence-corrected chi connectivity index (χ1v) is 9.39. The van der Waals surface area contributed by atoms with Crippen LogP contribution in [0.25, 0.3) is 11.0 Å². The molecule has 5 nitrogen and oxygen atoms in total. The van der Waals surface area contributed by atoms with Gasteiger partial charge in [0.15, 0.2) is 0 Å². The molecule has 3 heterocycles. The largest absolute Gasteiger partial charge is 0.491 e. The highest BCUT2D eigenvalue weighted by atomic mass is 19.4. The number of fused-ring (bicyclic) bond motifs is 2. The summed E-state index contributed by atoms with van der Waals surface area (Å²) in [6.45, 7) is 2.22. The van der Waals surface area contributed by atoms with Crippen molar-refractivity contribution in [3.05, 3.63) is 53.6 Å². The van der Waals surface area contributed by atoms with Gasteiger partial charge in [-0.15, -0.1) is 0 Å². The molecule has 0 unspecified atom stereocenters. The van der Waals surface area contributed by atoms with Crippen molar-refractivity contribution < 1.29 is 22.3 Å². The number of benzene rings is 2. The van der Waals surface area contributed by atoms with E-state index in [0.717, 1.165) is 25.1 Å². The third kappa shape index (κ3) is 3.19. The first-order chi connectivity index (χ1) is 13.9. The summed E-state index contributed by atoms with van der Waals surface area (Å²) in [5, 5.41) is 3.37. The maximum absolute atomic E-state index is 13.7. The topological polar surface area (TPSA) is 53.2 Å². The monoisotopic (exact) mass is 406 g/mol. The van der Waals surface area contributed by atoms with Crippen molar-refractivity contribution >= 4 is 16.7 Å². The number of hydrogen-bond donors (Lipinski definition) is 2. The van der Waals surface area contributed by atoms with Gasteiger partial charge in [-0.2, -0.15) is 13.2 Å². The fourth-order valence-electron chi connectivity index (χ4n) is 3.98. The van der Waals surface area contributed by atoms with E-state index in [4.69, 9.17) is 4.74 Å². The van der Waals surface area contributed by atoms with E-state index in [1.54, 1.807) is 24.3 Å². The molecule has 152 valence electrons. The predicted molar refractivity (Wildman–Crippen MR) is 99.3 cm³/mol. The van der Waals surface area contributed by atoms with Crippen LogP contribution in [0.15, 0.2) is 36.4 Å². The lowest BCUT2D eigenvalue weighted by Gasteiger charge is -2.45. The summed E-state index contributed by atoms with van der Waals surface area (Å²) in [5.74, 6) is -0.978. The summed E-state index contributed by atoms with van der Waals surface area (Å²) in [6.07, 6.45) is -3.47. The molecule has 3 aromatic rings. The van der Waals surface area contributed by atoms with Crippen molar-refractivity contribution in [2.75, 3.05) is 25.0 Å². The van der Waals surface area contributed by atoms with Gasteiger partial charge in [0.25, 0.3) is 0 Å². The molecule has 2 aliphatic rings. The lowest BCUT2D eigenvalue weighted by molar-refractivity contribution is -0.144. The number of nitrogens with one attached hydrogen (secondary N) is 2. The molecule has 0 bridgehead atoms. The lowest BCUT2D eigenvalue weighted by Crippen LogP contribution is -2.53. The number of ether oxygens (including phenoxy) is 1. The number of aromatic amines is 1. The second kappa shape index (κ2) is 6.62. The number of halogens is 4. The standard InChI is InChI=1S/C20H18F4N4O/c21-11-5-6-12-16(9-11)29-10-15(28-7-2-8-28)17(12)25-13-3-1-4-14-18(13)27-19(26-14)20(22,23)24/h1,3-6,9,15,17,25H,2,7-8,10H2,(H,26,27)/t15-,17-/m0/s1. The number of imidazole rings is 1. The van der Waals surface area contributed by atoms with Crippen LogP contribution in [0.4, 0.5) is 23.2 Å². The average Bonchev–Trinajstić information content (AvgIpc) is 3.07. The third-order valence-corrected chi connectivity index (χ3v) is 5.56. The van der Waals surface area contributed by atoms with Gasteiger partial charge in [-0.3, -0.25) is 4.90 Å². The van der Waals surface area contributed by atoms with Crippen molar-refractivity contribution in [2.24, 2.45) is 0 Å². The van der Waals surface area contributed by atoms with Gasteiger partial charge < -0.3 is 15.0 Å². The van der Waals surface area contributed by atoms with Crippen LogP contribution < -0.4 is 10.1 Å². The zero-order valence-electron chi connectivity index (χ0n) is 15.3. The van der Waals surface area contributed by atoms with Crippen LogP contribution >= 0.6 is 0 Å². The Kier molecular flexibility index (Phi) is 4.16. The Hall–Kier alpha value is -2.81. The highest BCUT2D eigenvalue weighted by molar-refractivity contribution is 5.88. The van der Waals surface area contributed by atoms with Crippen LogP contribution in [0.3, 0.4) is 0 Å². The molecule has 0 amide bonds. The van der Waals surface area contributed by atoms with E-state index in [0.29, 0.717) is 23.6 Å². The number of likely N-dealkylation sites (tertiary alicyclic amines) is 1. The van der Waals surface area contributed by atoms with Gasteiger partial charge in [0.2, 0.25) is 5.82 Å². The van der Waals surface area contributed by atoms with Gasteiger partial charge in [0.05, 0.1) is 23.3 Å². The Labute approximate surface area is 163 Å². The minimum absolute atomic E-state index is 0.0157. The molecule has 0 radical (unpaired) electrons. The van der Waals surface area contributed by atoms with Crippen molar-refractivity contribution in [3.63, 3.8) is 0 Å². The van der Waals surface area contributed by atoms with Crippen LogP contribution in [0.1, 0.15) is 23.9 Å². The van der Waals surface area contributed by atoms with E-state index in [1.807, 2.05) is 0 Å². The Bertz CT molecular complexity index is 1060. The molecule has 2 aliphatic heterocycles. The molecule has 0 spiro atoms. The summed E-state index contributed by atoms with van der Waals surface area (Å²) in [7, 11) is 0. The van der Waals surface area contributed by atoms with Crippen molar-refractivity contribution in [2.45, 2.75) is 24.7 Å². The highest BCUT2D eigenvalue weighted by Crippen LogP contribution is 2.39. The summed E-state index contributed by atoms with van der Waals surface area (Å²) in [5.41, 5.74) is 1.78. The second-order valence-corrected chi connectivity index (χ2v) is 7.36. The van der Waals surface area contributed by atoms with Gasteiger partial charge in [-0.05, 0) is 37.7 Å². The predicted octanol–water partition coefficient (Wildman–Crippen LogP) is 4.34. The fraction of sp³-hybridized carbons (Fsp3) is 0.350. The van der Waals surface area contributed by atoms with Crippen LogP contribution in [0.5, 0.6) is 5.75 Å². The molecule has 29 heavy (non-hydrogen) atoms. The molecular formula is C20H18F4N4O. The van der Waals surface area contributed by atoms with Gasteiger partial charge >= 0.3 is 6.18 Å². The van der Waals surface area contributed by atoms with Crippen LogP contribution in [0.2, 0.25) is 0 Å². The average molecular weight is 406 g/mol. The molecule has 1 aromatic heterocycles. The van der Waals surface area contributed by atoms with Gasteiger partial charge in [0.1, 0.15) is 23.7 Å². The number of aromatic nitrogens is 2. The number of nitrogens with zero attached hydrogens (tertiary/aromatic N) is 2. The van der Waals surface area contributed by atoms with Gasteiger partial charge in [-0.1, -0.05) is 12.1 Å². The Morgan fingerprint density at radius 3 is 2.72 bits per heavy atom. The van der Waals surface area contributed by atoms with Crippen LogP contribution in [0, 0.1) is 5.82 Å². The zero-order valence-corrected chi connectivity index (χ0v) is 15.3. The smallest absolute Gasteiger partial charge is 0.449 e. The first kappa shape index (κ1) is 18.2. The molecule has 0 aliphatic carbocycles.